The van der Waals surface area contributed by atoms with E-state index in [0.717, 1.165) is 13.1 Å². The summed E-state index contributed by atoms with van der Waals surface area (Å²) < 4.78 is 1.15. The number of hydrogen-bond acceptors (Lipinski definition) is 4. The lowest BCUT2D eigenvalue weighted by molar-refractivity contribution is -0.121. The molecular formula is C10H12Br2N4O. The van der Waals surface area contributed by atoms with Crippen LogP contribution in [0.1, 0.15) is 6.92 Å². The number of halogens is 2. The zero-order chi connectivity index (χ0) is 12.4. The fraction of sp³-hybridized carbons (Fsp3) is 0.500. The van der Waals surface area contributed by atoms with Crippen molar-refractivity contribution in [3.63, 3.8) is 0 Å². The van der Waals surface area contributed by atoms with Crippen molar-refractivity contribution in [3.05, 3.63) is 15.4 Å². The molecule has 1 aromatic rings. The maximum absolute atomic E-state index is 11.9. The van der Waals surface area contributed by atoms with Crippen LogP contribution >= 0.6 is 31.9 Å². The van der Waals surface area contributed by atoms with Gasteiger partial charge in [0.25, 0.3) is 0 Å². The molecule has 17 heavy (non-hydrogen) atoms. The molecule has 7 heteroatoms. The highest BCUT2D eigenvalue weighted by molar-refractivity contribution is 9.11. The molecule has 0 aliphatic carbocycles. The quantitative estimate of drug-likeness (QED) is 0.859. The summed E-state index contributed by atoms with van der Waals surface area (Å²) >= 11 is 6.47. The van der Waals surface area contributed by atoms with E-state index >= 15 is 0 Å². The van der Waals surface area contributed by atoms with E-state index < -0.39 is 0 Å². The van der Waals surface area contributed by atoms with Gasteiger partial charge in [0.1, 0.15) is 9.21 Å². The number of nitrogens with zero attached hydrogens (tertiary/aromatic N) is 2. The predicted molar refractivity (Wildman–Crippen MR) is 71.6 cm³/mol. The Hall–Kier alpha value is -0.530. The normalized spacial score (nSPS) is 17.4. The van der Waals surface area contributed by atoms with Crippen LogP contribution in [0.4, 0.5) is 5.82 Å². The van der Waals surface area contributed by atoms with Gasteiger partial charge in [-0.3, -0.25) is 4.79 Å². The fourth-order valence-electron chi connectivity index (χ4n) is 1.54. The monoisotopic (exact) mass is 362 g/mol. The van der Waals surface area contributed by atoms with Gasteiger partial charge >= 0.3 is 0 Å². The molecule has 0 spiro atoms. The molecule has 1 aromatic heterocycles. The van der Waals surface area contributed by atoms with Crippen LogP contribution in [0.15, 0.2) is 15.4 Å². The van der Waals surface area contributed by atoms with E-state index in [9.17, 15) is 4.79 Å². The van der Waals surface area contributed by atoms with E-state index in [1.165, 1.54) is 0 Å². The number of anilines is 1. The second-order valence-corrected chi connectivity index (χ2v) is 5.59. The van der Waals surface area contributed by atoms with Gasteiger partial charge in [0.15, 0.2) is 5.82 Å². The minimum Gasteiger partial charge on any atom is -0.316 e. The maximum Gasteiger partial charge on any atom is 0.228 e. The summed E-state index contributed by atoms with van der Waals surface area (Å²) in [6.07, 6.45) is 1.55. The first-order valence-corrected chi connectivity index (χ1v) is 6.86. The van der Waals surface area contributed by atoms with Crippen LogP contribution in [0.3, 0.4) is 0 Å². The zero-order valence-electron chi connectivity index (χ0n) is 9.20. The van der Waals surface area contributed by atoms with Crippen LogP contribution in [0.25, 0.3) is 0 Å². The van der Waals surface area contributed by atoms with E-state index in [1.54, 1.807) is 6.20 Å². The van der Waals surface area contributed by atoms with Crippen molar-refractivity contribution in [3.8, 4) is 0 Å². The number of nitrogens with one attached hydrogen (secondary N) is 2. The first kappa shape index (κ1) is 12.9. The molecule has 1 aliphatic heterocycles. The summed E-state index contributed by atoms with van der Waals surface area (Å²) in [6, 6.07) is 0. The van der Waals surface area contributed by atoms with E-state index in [0.29, 0.717) is 20.9 Å². The molecule has 2 rings (SSSR count). The van der Waals surface area contributed by atoms with Gasteiger partial charge in [-0.2, -0.15) is 0 Å². The highest BCUT2D eigenvalue weighted by Crippen LogP contribution is 2.22. The standard InChI is InChI=1S/C10H12Br2N4O/c1-5(6-2-13-3-6)10(17)16-9-8(12)15-7(11)4-14-9/h4-6,13H,2-3H2,1H3,(H,14,16,17). The molecule has 2 N–H and O–H groups in total. The van der Waals surface area contributed by atoms with Gasteiger partial charge in [0.05, 0.1) is 6.20 Å². The molecule has 1 fully saturated rings. The zero-order valence-corrected chi connectivity index (χ0v) is 12.4. The van der Waals surface area contributed by atoms with Gasteiger partial charge in [-0.15, -0.1) is 0 Å². The Labute approximate surface area is 116 Å². The van der Waals surface area contributed by atoms with Gasteiger partial charge in [-0.25, -0.2) is 9.97 Å². The topological polar surface area (TPSA) is 66.9 Å². The van der Waals surface area contributed by atoms with Crippen LogP contribution in [0.5, 0.6) is 0 Å². The number of carbonyl (C=O) groups excluding carboxylic acids is 1. The van der Waals surface area contributed by atoms with Crippen LogP contribution < -0.4 is 10.6 Å². The molecule has 1 atom stereocenters. The second-order valence-electron chi connectivity index (χ2n) is 4.03. The van der Waals surface area contributed by atoms with Crippen LogP contribution in [0, 0.1) is 11.8 Å². The lowest BCUT2D eigenvalue weighted by atomic mass is 9.88. The molecular weight excluding hydrogens is 352 g/mol. The van der Waals surface area contributed by atoms with Crippen molar-refractivity contribution in [2.75, 3.05) is 18.4 Å². The fourth-order valence-corrected chi connectivity index (χ4v) is 2.45. The highest BCUT2D eigenvalue weighted by Gasteiger charge is 2.29. The van der Waals surface area contributed by atoms with E-state index in [4.69, 9.17) is 0 Å². The summed E-state index contributed by atoms with van der Waals surface area (Å²) in [5.74, 6) is 0.830. The highest BCUT2D eigenvalue weighted by atomic mass is 79.9. The molecule has 1 saturated heterocycles. The smallest absolute Gasteiger partial charge is 0.228 e. The van der Waals surface area contributed by atoms with Gasteiger partial charge in [0.2, 0.25) is 5.91 Å². The van der Waals surface area contributed by atoms with E-state index in [2.05, 4.69) is 52.5 Å². The van der Waals surface area contributed by atoms with E-state index in [-0.39, 0.29) is 11.8 Å². The molecule has 0 saturated carbocycles. The first-order chi connectivity index (χ1) is 8.08. The number of rotatable bonds is 3. The molecule has 0 bridgehead atoms. The SMILES string of the molecule is CC(C(=O)Nc1ncc(Br)nc1Br)C1CNC1. The van der Waals surface area contributed by atoms with Crippen molar-refractivity contribution in [1.29, 1.82) is 0 Å². The summed E-state index contributed by atoms with van der Waals surface area (Å²) in [7, 11) is 0. The van der Waals surface area contributed by atoms with E-state index in [1.807, 2.05) is 6.92 Å². The van der Waals surface area contributed by atoms with Crippen molar-refractivity contribution >= 4 is 43.6 Å². The molecule has 0 aromatic carbocycles. The Morgan fingerprint density at radius 3 is 2.82 bits per heavy atom. The Kier molecular flexibility index (Phi) is 4.11. The largest absolute Gasteiger partial charge is 0.316 e. The predicted octanol–water partition coefficient (Wildman–Crippen LogP) is 1.80. The molecule has 1 amide bonds. The summed E-state index contributed by atoms with van der Waals surface area (Å²) in [5.41, 5.74) is 0. The van der Waals surface area contributed by atoms with Gasteiger partial charge in [0, 0.05) is 5.92 Å². The Balaban J connectivity index is 2.02. The molecule has 2 heterocycles. The first-order valence-electron chi connectivity index (χ1n) is 5.27. The van der Waals surface area contributed by atoms with Gasteiger partial charge in [-0.05, 0) is 50.9 Å². The van der Waals surface area contributed by atoms with Crippen molar-refractivity contribution in [2.24, 2.45) is 11.8 Å². The number of carbonyl (C=O) groups is 1. The molecule has 0 radical (unpaired) electrons. The summed E-state index contributed by atoms with van der Waals surface area (Å²) in [4.78, 5) is 20.2. The Morgan fingerprint density at radius 2 is 2.29 bits per heavy atom. The number of hydrogen-bond donors (Lipinski definition) is 2. The minimum absolute atomic E-state index is 0.0196. The number of amides is 1. The van der Waals surface area contributed by atoms with Crippen molar-refractivity contribution in [2.45, 2.75) is 6.92 Å². The Bertz CT molecular complexity index is 436. The number of aromatic nitrogens is 2. The van der Waals surface area contributed by atoms with Crippen molar-refractivity contribution in [1.82, 2.24) is 15.3 Å². The third-order valence-corrected chi connectivity index (χ3v) is 3.81. The van der Waals surface area contributed by atoms with Gasteiger partial charge < -0.3 is 10.6 Å². The maximum atomic E-state index is 11.9. The van der Waals surface area contributed by atoms with Crippen molar-refractivity contribution < 1.29 is 4.79 Å². The third kappa shape index (κ3) is 3.02. The second kappa shape index (κ2) is 5.41. The average Bonchev–Trinajstić information content (AvgIpc) is 2.19. The lowest BCUT2D eigenvalue weighted by Gasteiger charge is -2.31. The summed E-state index contributed by atoms with van der Waals surface area (Å²) in [5, 5.41) is 5.93. The molecule has 92 valence electrons. The van der Waals surface area contributed by atoms with Gasteiger partial charge in [-0.1, -0.05) is 6.92 Å². The molecule has 1 aliphatic rings. The van der Waals surface area contributed by atoms with Crippen LogP contribution in [-0.2, 0) is 4.79 Å². The molecule has 5 nitrogen and oxygen atoms in total. The third-order valence-electron chi connectivity index (χ3n) is 2.88. The lowest BCUT2D eigenvalue weighted by Crippen LogP contribution is -2.48. The average molecular weight is 364 g/mol. The minimum atomic E-state index is -0.0198. The van der Waals surface area contributed by atoms with Crippen LogP contribution in [-0.4, -0.2) is 29.0 Å². The van der Waals surface area contributed by atoms with Crippen LogP contribution in [0.2, 0.25) is 0 Å². The molecule has 1 unspecified atom stereocenters. The summed E-state index contributed by atoms with van der Waals surface area (Å²) in [6.45, 7) is 3.74. The Morgan fingerprint density at radius 1 is 1.59 bits per heavy atom.